The third-order valence-electron chi connectivity index (χ3n) is 4.63. The van der Waals surface area contributed by atoms with Crippen LogP contribution in [-0.4, -0.2) is 20.2 Å². The quantitative estimate of drug-likeness (QED) is 0.313. The van der Waals surface area contributed by atoms with Gasteiger partial charge in [-0.15, -0.1) is 11.3 Å². The molecule has 3 aromatic heterocycles. The van der Waals surface area contributed by atoms with Crippen LogP contribution in [0.2, 0.25) is 8.67 Å². The SMILES string of the molecule is Clc1cc(-c2[nH]ncc2-c2nc(-c3ccccc3)c(-c3ccccc3)[nH]2)c(Cl)s1. The van der Waals surface area contributed by atoms with Crippen molar-refractivity contribution in [3.05, 3.63) is 81.6 Å². The lowest BCUT2D eigenvalue weighted by Crippen LogP contribution is -1.84. The number of nitrogens with zero attached hydrogens (tertiary/aromatic N) is 2. The van der Waals surface area contributed by atoms with Gasteiger partial charge in [-0.3, -0.25) is 5.10 Å². The van der Waals surface area contributed by atoms with Crippen LogP contribution in [0.5, 0.6) is 0 Å². The van der Waals surface area contributed by atoms with Crippen molar-refractivity contribution in [2.24, 2.45) is 0 Å². The molecule has 3 heterocycles. The Morgan fingerprint density at radius 3 is 2.14 bits per heavy atom. The largest absolute Gasteiger partial charge is 0.337 e. The van der Waals surface area contributed by atoms with Gasteiger partial charge >= 0.3 is 0 Å². The summed E-state index contributed by atoms with van der Waals surface area (Å²) in [5.74, 6) is 0.713. The number of aromatic nitrogens is 4. The summed E-state index contributed by atoms with van der Waals surface area (Å²) in [7, 11) is 0. The number of hydrogen-bond donors (Lipinski definition) is 2. The van der Waals surface area contributed by atoms with Crippen molar-refractivity contribution in [2.45, 2.75) is 0 Å². The highest BCUT2D eigenvalue weighted by Crippen LogP contribution is 2.41. The minimum absolute atomic E-state index is 0.610. The number of benzene rings is 2. The van der Waals surface area contributed by atoms with Crippen LogP contribution in [0.15, 0.2) is 72.9 Å². The zero-order valence-corrected chi connectivity index (χ0v) is 17.3. The number of thiophene rings is 1. The van der Waals surface area contributed by atoms with Gasteiger partial charge in [0.15, 0.2) is 0 Å². The number of H-pyrrole nitrogens is 2. The molecule has 0 saturated carbocycles. The van der Waals surface area contributed by atoms with E-state index in [0.29, 0.717) is 14.5 Å². The molecule has 0 aliphatic rings. The third-order valence-corrected chi connectivity index (χ3v) is 6.12. The number of hydrogen-bond acceptors (Lipinski definition) is 3. The standard InChI is InChI=1S/C22H14Cl2N4S/c23-17-11-15(21(24)29-17)20-16(12-25-28-20)22-26-18(13-7-3-1-4-8-13)19(27-22)14-9-5-2-6-10-14/h1-12H,(H,25,28)(H,26,27). The number of nitrogens with one attached hydrogen (secondary N) is 2. The molecular weight excluding hydrogens is 423 g/mol. The van der Waals surface area contributed by atoms with Gasteiger partial charge in [0, 0.05) is 16.7 Å². The van der Waals surface area contributed by atoms with Gasteiger partial charge in [-0.1, -0.05) is 83.9 Å². The topological polar surface area (TPSA) is 57.4 Å². The molecule has 0 aliphatic heterocycles. The molecule has 142 valence electrons. The van der Waals surface area contributed by atoms with Gasteiger partial charge in [-0.25, -0.2) is 4.98 Å². The highest BCUT2D eigenvalue weighted by molar-refractivity contribution is 7.20. The lowest BCUT2D eigenvalue weighted by atomic mass is 10.1. The number of halogens is 2. The van der Waals surface area contributed by atoms with Crippen molar-refractivity contribution in [1.82, 2.24) is 20.2 Å². The maximum Gasteiger partial charge on any atom is 0.142 e. The molecule has 0 atom stereocenters. The molecule has 0 saturated heterocycles. The Balaban J connectivity index is 1.70. The van der Waals surface area contributed by atoms with Crippen LogP contribution in [0.25, 0.3) is 45.2 Å². The molecule has 5 aromatic rings. The van der Waals surface area contributed by atoms with Crippen LogP contribution in [-0.2, 0) is 0 Å². The molecule has 0 aliphatic carbocycles. The van der Waals surface area contributed by atoms with E-state index in [9.17, 15) is 0 Å². The van der Waals surface area contributed by atoms with Crippen LogP contribution >= 0.6 is 34.5 Å². The first-order chi connectivity index (χ1) is 14.2. The molecule has 5 rings (SSSR count). The fourth-order valence-electron chi connectivity index (χ4n) is 3.30. The van der Waals surface area contributed by atoms with Crippen LogP contribution in [0.4, 0.5) is 0 Å². The summed E-state index contributed by atoms with van der Waals surface area (Å²) in [5, 5.41) is 7.26. The van der Waals surface area contributed by atoms with E-state index in [0.717, 1.165) is 39.3 Å². The lowest BCUT2D eigenvalue weighted by molar-refractivity contribution is 1.10. The van der Waals surface area contributed by atoms with Crippen molar-refractivity contribution in [3.8, 4) is 45.2 Å². The van der Waals surface area contributed by atoms with Crippen molar-refractivity contribution in [2.75, 3.05) is 0 Å². The van der Waals surface area contributed by atoms with Crippen LogP contribution in [0.3, 0.4) is 0 Å². The molecule has 7 heteroatoms. The number of rotatable bonds is 4. The smallest absolute Gasteiger partial charge is 0.142 e. The summed E-state index contributed by atoms with van der Waals surface area (Å²) in [6, 6.07) is 22.1. The fourth-order valence-corrected chi connectivity index (χ4v) is 4.78. The maximum atomic E-state index is 6.38. The minimum atomic E-state index is 0.610. The Kier molecular flexibility index (Phi) is 4.72. The first kappa shape index (κ1) is 18.2. The Hall–Kier alpha value is -2.86. The van der Waals surface area contributed by atoms with Gasteiger partial charge in [0.25, 0.3) is 0 Å². The molecule has 0 unspecified atom stereocenters. The molecule has 2 aromatic carbocycles. The van der Waals surface area contributed by atoms with Gasteiger partial charge in [0.05, 0.1) is 33.2 Å². The number of aromatic amines is 2. The maximum absolute atomic E-state index is 6.38. The van der Waals surface area contributed by atoms with E-state index in [4.69, 9.17) is 28.2 Å². The summed E-state index contributed by atoms with van der Waals surface area (Å²) in [5.41, 5.74) is 6.36. The van der Waals surface area contributed by atoms with Crippen molar-refractivity contribution >= 4 is 34.5 Å². The van der Waals surface area contributed by atoms with Crippen LogP contribution in [0.1, 0.15) is 0 Å². The summed E-state index contributed by atoms with van der Waals surface area (Å²) in [4.78, 5) is 8.43. The minimum Gasteiger partial charge on any atom is -0.337 e. The molecule has 0 radical (unpaired) electrons. The van der Waals surface area contributed by atoms with E-state index in [-0.39, 0.29) is 0 Å². The summed E-state index contributed by atoms with van der Waals surface area (Å²) < 4.78 is 1.23. The van der Waals surface area contributed by atoms with E-state index >= 15 is 0 Å². The summed E-state index contributed by atoms with van der Waals surface area (Å²) >= 11 is 13.9. The molecule has 29 heavy (non-hydrogen) atoms. The van der Waals surface area contributed by atoms with E-state index in [2.05, 4.69) is 39.4 Å². The first-order valence-corrected chi connectivity index (χ1v) is 10.5. The van der Waals surface area contributed by atoms with E-state index in [1.165, 1.54) is 11.3 Å². The highest BCUT2D eigenvalue weighted by atomic mass is 35.5. The molecule has 2 N–H and O–H groups in total. The van der Waals surface area contributed by atoms with Gasteiger partial charge in [-0.05, 0) is 6.07 Å². The van der Waals surface area contributed by atoms with Gasteiger partial charge in [0.2, 0.25) is 0 Å². The first-order valence-electron chi connectivity index (χ1n) is 8.90. The van der Waals surface area contributed by atoms with Crippen LogP contribution in [0, 0.1) is 0 Å². The molecular formula is C22H14Cl2N4S. The second-order valence-electron chi connectivity index (χ2n) is 6.44. The van der Waals surface area contributed by atoms with E-state index < -0.39 is 0 Å². The Bertz CT molecular complexity index is 1220. The zero-order chi connectivity index (χ0) is 19.8. The summed E-state index contributed by atoms with van der Waals surface area (Å²) in [6.07, 6.45) is 1.75. The van der Waals surface area contributed by atoms with Crippen molar-refractivity contribution in [1.29, 1.82) is 0 Å². The second-order valence-corrected chi connectivity index (χ2v) is 8.72. The Labute approximate surface area is 181 Å². The highest BCUT2D eigenvalue weighted by Gasteiger charge is 2.20. The lowest BCUT2D eigenvalue weighted by Gasteiger charge is -2.02. The number of imidazole rings is 1. The van der Waals surface area contributed by atoms with E-state index in [1.807, 2.05) is 42.5 Å². The fraction of sp³-hybridized carbons (Fsp3) is 0. The second kappa shape index (κ2) is 7.52. The summed E-state index contributed by atoms with van der Waals surface area (Å²) in [6.45, 7) is 0. The average Bonchev–Trinajstić information content (AvgIpc) is 3.47. The average molecular weight is 437 g/mol. The van der Waals surface area contributed by atoms with Crippen LogP contribution < -0.4 is 0 Å². The Morgan fingerprint density at radius 1 is 0.793 bits per heavy atom. The molecule has 0 amide bonds. The Morgan fingerprint density at radius 2 is 1.48 bits per heavy atom. The molecule has 0 spiro atoms. The van der Waals surface area contributed by atoms with Crippen molar-refractivity contribution in [3.63, 3.8) is 0 Å². The molecule has 0 fully saturated rings. The van der Waals surface area contributed by atoms with Gasteiger partial charge < -0.3 is 4.98 Å². The van der Waals surface area contributed by atoms with Gasteiger partial charge in [-0.2, -0.15) is 5.10 Å². The normalized spacial score (nSPS) is 11.1. The third kappa shape index (κ3) is 3.38. The van der Waals surface area contributed by atoms with Crippen molar-refractivity contribution < 1.29 is 0 Å². The molecule has 0 bridgehead atoms. The molecule has 4 nitrogen and oxygen atoms in total. The predicted octanol–water partition coefficient (Wildman–Crippen LogP) is 7.17. The monoisotopic (exact) mass is 436 g/mol. The van der Waals surface area contributed by atoms with Gasteiger partial charge in [0.1, 0.15) is 10.2 Å². The van der Waals surface area contributed by atoms with E-state index in [1.54, 1.807) is 6.20 Å². The predicted molar refractivity (Wildman–Crippen MR) is 120 cm³/mol. The zero-order valence-electron chi connectivity index (χ0n) is 15.0.